The zero-order valence-corrected chi connectivity index (χ0v) is 25.2. The van der Waals surface area contributed by atoms with Gasteiger partial charge in [0.05, 0.1) is 0 Å². The Kier molecular flexibility index (Phi) is 23.0. The summed E-state index contributed by atoms with van der Waals surface area (Å²) in [6, 6.07) is 1.25. The smallest absolute Gasteiger partial charge is 0.137 e. The average Bonchev–Trinajstić information content (AvgIpc) is 2.87. The lowest BCUT2D eigenvalue weighted by atomic mass is 10.1. The minimum absolute atomic E-state index is 0.0426. The fourth-order valence-corrected chi connectivity index (χ4v) is 6.14. The first-order valence-corrected chi connectivity index (χ1v) is 16.6. The Morgan fingerprint density at radius 3 is 1.66 bits per heavy atom. The normalized spacial score (nSPS) is 15.6. The highest BCUT2D eigenvalue weighted by Crippen LogP contribution is 2.11. The molecule has 6 heteroatoms. The standard InChI is InChI=1S/C29H61N3O2Si/c1-5-9-15-19-30(20-16-10-6-2)22-25-32-26-23-31(24-27-32)21-17-13-11-12-14-18-28-35-29(33-7-3)34-8-4/h29H,5-28H2,1-4H3. The molecule has 1 aliphatic heterocycles. The molecule has 0 aliphatic carbocycles. The quantitative estimate of drug-likeness (QED) is 0.0838. The van der Waals surface area contributed by atoms with Crippen molar-refractivity contribution in [3.63, 3.8) is 0 Å². The van der Waals surface area contributed by atoms with Crippen LogP contribution < -0.4 is 0 Å². The van der Waals surface area contributed by atoms with Gasteiger partial charge in [-0.2, -0.15) is 0 Å². The van der Waals surface area contributed by atoms with E-state index in [4.69, 9.17) is 9.47 Å². The highest BCUT2D eigenvalue weighted by molar-refractivity contribution is 6.36. The van der Waals surface area contributed by atoms with Crippen LogP contribution in [0.4, 0.5) is 0 Å². The molecule has 0 aromatic rings. The lowest BCUT2D eigenvalue weighted by molar-refractivity contribution is -0.0827. The van der Waals surface area contributed by atoms with Gasteiger partial charge in [-0.25, -0.2) is 0 Å². The molecule has 1 fully saturated rings. The molecule has 0 unspecified atom stereocenters. The van der Waals surface area contributed by atoms with Crippen molar-refractivity contribution in [2.24, 2.45) is 0 Å². The first-order valence-electron chi connectivity index (χ1n) is 15.4. The van der Waals surface area contributed by atoms with E-state index in [2.05, 4.69) is 42.4 Å². The molecule has 0 spiro atoms. The van der Waals surface area contributed by atoms with Crippen LogP contribution in [0.15, 0.2) is 0 Å². The van der Waals surface area contributed by atoms with E-state index in [9.17, 15) is 0 Å². The van der Waals surface area contributed by atoms with Gasteiger partial charge >= 0.3 is 0 Å². The van der Waals surface area contributed by atoms with Crippen LogP contribution in [0.5, 0.6) is 0 Å². The third-order valence-electron chi connectivity index (χ3n) is 7.20. The van der Waals surface area contributed by atoms with E-state index >= 15 is 0 Å². The Morgan fingerprint density at radius 2 is 1.11 bits per heavy atom. The Hall–Kier alpha value is 0.0169. The monoisotopic (exact) mass is 511 g/mol. The molecular weight excluding hydrogens is 450 g/mol. The lowest BCUT2D eigenvalue weighted by Crippen LogP contribution is -2.48. The van der Waals surface area contributed by atoms with Crippen LogP contribution in [0.2, 0.25) is 6.04 Å². The summed E-state index contributed by atoms with van der Waals surface area (Å²) in [7, 11) is 0.789. The van der Waals surface area contributed by atoms with Crippen molar-refractivity contribution in [2.75, 3.05) is 72.1 Å². The fraction of sp³-hybridized carbons (Fsp3) is 1.00. The molecule has 1 heterocycles. The number of ether oxygens (including phenoxy) is 2. The van der Waals surface area contributed by atoms with Gasteiger partial charge in [-0.3, -0.25) is 4.90 Å². The summed E-state index contributed by atoms with van der Waals surface area (Å²) in [5.41, 5.74) is 0. The van der Waals surface area contributed by atoms with Crippen LogP contribution in [0, 0.1) is 0 Å². The zero-order chi connectivity index (χ0) is 25.4. The van der Waals surface area contributed by atoms with Crippen molar-refractivity contribution in [1.29, 1.82) is 0 Å². The number of piperazine rings is 1. The van der Waals surface area contributed by atoms with Gasteiger partial charge in [-0.1, -0.05) is 77.7 Å². The molecule has 0 aromatic heterocycles. The van der Waals surface area contributed by atoms with Crippen LogP contribution in [0.1, 0.15) is 105 Å². The molecule has 0 saturated carbocycles. The van der Waals surface area contributed by atoms with Crippen molar-refractivity contribution in [2.45, 2.75) is 117 Å². The third kappa shape index (κ3) is 18.8. The van der Waals surface area contributed by atoms with E-state index in [1.165, 1.54) is 142 Å². The van der Waals surface area contributed by atoms with Crippen molar-refractivity contribution in [3.05, 3.63) is 0 Å². The summed E-state index contributed by atoms with van der Waals surface area (Å²) in [4.78, 5) is 8.17. The fourth-order valence-electron chi connectivity index (χ4n) is 4.88. The largest absolute Gasteiger partial charge is 0.357 e. The van der Waals surface area contributed by atoms with Crippen LogP contribution in [0.3, 0.4) is 0 Å². The van der Waals surface area contributed by atoms with Gasteiger partial charge in [0.15, 0.2) is 0 Å². The van der Waals surface area contributed by atoms with Gasteiger partial charge in [0.1, 0.15) is 15.4 Å². The van der Waals surface area contributed by atoms with Crippen molar-refractivity contribution in [3.8, 4) is 0 Å². The number of rotatable bonds is 25. The summed E-state index contributed by atoms with van der Waals surface area (Å²) in [6.45, 7) is 21.8. The maximum atomic E-state index is 5.65. The van der Waals surface area contributed by atoms with Gasteiger partial charge in [0.25, 0.3) is 0 Å². The van der Waals surface area contributed by atoms with Gasteiger partial charge in [-0.05, 0) is 52.7 Å². The minimum Gasteiger partial charge on any atom is -0.357 e. The van der Waals surface area contributed by atoms with Crippen molar-refractivity contribution in [1.82, 2.24) is 14.7 Å². The first kappa shape index (κ1) is 33.0. The van der Waals surface area contributed by atoms with E-state index in [0.29, 0.717) is 0 Å². The summed E-state index contributed by atoms with van der Waals surface area (Å²) in [5, 5.41) is 0. The SMILES string of the molecule is CCCCCN(CCCCC)CCN1CCN(CCCCCCCC[Si]C(OCC)OCC)CC1. The van der Waals surface area contributed by atoms with Crippen LogP contribution in [0.25, 0.3) is 0 Å². The van der Waals surface area contributed by atoms with E-state index in [1.807, 2.05) is 0 Å². The molecule has 1 saturated heterocycles. The molecule has 1 aliphatic rings. The molecule has 35 heavy (non-hydrogen) atoms. The predicted octanol–water partition coefficient (Wildman–Crippen LogP) is 6.11. The summed E-state index contributed by atoms with van der Waals surface area (Å²) < 4.78 is 11.3. The van der Waals surface area contributed by atoms with Gasteiger partial charge < -0.3 is 19.3 Å². The van der Waals surface area contributed by atoms with Crippen molar-refractivity contribution < 1.29 is 9.47 Å². The predicted molar refractivity (Wildman–Crippen MR) is 154 cm³/mol. The van der Waals surface area contributed by atoms with E-state index in [0.717, 1.165) is 22.7 Å². The Balaban J connectivity index is 2.02. The number of hydrogen-bond acceptors (Lipinski definition) is 5. The van der Waals surface area contributed by atoms with Crippen LogP contribution in [-0.4, -0.2) is 102 Å². The highest BCUT2D eigenvalue weighted by atomic mass is 28.2. The Morgan fingerprint density at radius 1 is 0.600 bits per heavy atom. The highest BCUT2D eigenvalue weighted by Gasteiger charge is 2.17. The molecular formula is C29H61N3O2Si. The third-order valence-corrected chi connectivity index (χ3v) is 8.51. The maximum Gasteiger partial charge on any atom is 0.137 e. The van der Waals surface area contributed by atoms with Gasteiger partial charge in [0.2, 0.25) is 0 Å². The topological polar surface area (TPSA) is 28.2 Å². The molecule has 0 aromatic carbocycles. The minimum atomic E-state index is 0.0426. The molecule has 0 N–H and O–H groups in total. The first-order chi connectivity index (χ1) is 17.2. The molecule has 0 amide bonds. The van der Waals surface area contributed by atoms with E-state index in [-0.39, 0.29) is 5.91 Å². The second kappa shape index (κ2) is 24.4. The zero-order valence-electron chi connectivity index (χ0n) is 24.2. The molecule has 1 rings (SSSR count). The van der Waals surface area contributed by atoms with E-state index < -0.39 is 0 Å². The average molecular weight is 512 g/mol. The molecule has 2 radical (unpaired) electrons. The summed E-state index contributed by atoms with van der Waals surface area (Å²) >= 11 is 0. The molecule has 5 nitrogen and oxygen atoms in total. The summed E-state index contributed by atoms with van der Waals surface area (Å²) in [5.74, 6) is 0.0426. The maximum absolute atomic E-state index is 5.65. The number of nitrogens with zero attached hydrogens (tertiary/aromatic N) is 3. The number of unbranched alkanes of at least 4 members (excludes halogenated alkanes) is 9. The Labute approximate surface area is 222 Å². The van der Waals surface area contributed by atoms with Gasteiger partial charge in [-0.15, -0.1) is 0 Å². The van der Waals surface area contributed by atoms with Gasteiger partial charge in [0, 0.05) is 52.5 Å². The van der Waals surface area contributed by atoms with E-state index in [1.54, 1.807) is 0 Å². The van der Waals surface area contributed by atoms with Crippen LogP contribution in [-0.2, 0) is 9.47 Å². The number of hydrogen-bond donors (Lipinski definition) is 0. The van der Waals surface area contributed by atoms with Crippen molar-refractivity contribution >= 4 is 9.52 Å². The lowest BCUT2D eigenvalue weighted by Gasteiger charge is -2.36. The molecule has 0 bridgehead atoms. The molecule has 0 atom stereocenters. The Bertz CT molecular complexity index is 420. The van der Waals surface area contributed by atoms with Crippen LogP contribution >= 0.6 is 0 Å². The second-order valence-electron chi connectivity index (χ2n) is 10.3. The molecule has 208 valence electrons. The summed E-state index contributed by atoms with van der Waals surface area (Å²) in [6.07, 6.45) is 16.4. The second-order valence-corrected chi connectivity index (χ2v) is 11.6.